The first-order valence-electron chi connectivity index (χ1n) is 9.01. The first kappa shape index (κ1) is 22.5. The van der Waals surface area contributed by atoms with E-state index >= 15 is 0 Å². The molecule has 0 heterocycles. The quantitative estimate of drug-likeness (QED) is 0.383. The molecule has 1 fully saturated rings. The summed E-state index contributed by atoms with van der Waals surface area (Å²) in [7, 11) is 6.64. The molecular formula is C17H32F3N5O. The molecule has 0 spiro atoms. The summed E-state index contributed by atoms with van der Waals surface area (Å²) in [5.41, 5.74) is -0.395. The third-order valence-corrected chi connectivity index (χ3v) is 4.70. The first-order valence-corrected chi connectivity index (χ1v) is 9.01. The number of hydrogen-bond donors (Lipinski definition) is 2. The maximum absolute atomic E-state index is 12.5. The number of carbonyl (C=O) groups is 1. The Labute approximate surface area is 154 Å². The summed E-state index contributed by atoms with van der Waals surface area (Å²) in [6.45, 7) is 0.454. The molecule has 1 aliphatic carbocycles. The fourth-order valence-corrected chi connectivity index (χ4v) is 3.41. The van der Waals surface area contributed by atoms with Crippen LogP contribution in [0.5, 0.6) is 0 Å². The molecule has 26 heavy (non-hydrogen) atoms. The van der Waals surface area contributed by atoms with E-state index in [1.807, 2.05) is 0 Å². The van der Waals surface area contributed by atoms with Crippen LogP contribution >= 0.6 is 0 Å². The number of aliphatic imine (C=N–C) groups is 1. The largest absolute Gasteiger partial charge is 0.401 e. The smallest absolute Gasteiger partial charge is 0.356 e. The Morgan fingerprint density at radius 2 is 1.77 bits per heavy atom. The van der Waals surface area contributed by atoms with Gasteiger partial charge in [-0.15, -0.1) is 0 Å². The minimum atomic E-state index is -4.17. The Kier molecular flexibility index (Phi) is 8.66. The number of alkyl halides is 3. The van der Waals surface area contributed by atoms with Crippen molar-refractivity contribution in [3.05, 3.63) is 0 Å². The number of amides is 1. The number of nitrogens with zero attached hydrogens (tertiary/aromatic N) is 3. The second-order valence-corrected chi connectivity index (χ2v) is 7.25. The molecule has 6 nitrogen and oxygen atoms in total. The summed E-state index contributed by atoms with van der Waals surface area (Å²) in [6.07, 6.45) is 0.188. The van der Waals surface area contributed by atoms with Crippen molar-refractivity contribution in [1.82, 2.24) is 20.4 Å². The number of rotatable bonds is 8. The highest BCUT2D eigenvalue weighted by Gasteiger charge is 2.42. The van der Waals surface area contributed by atoms with Crippen molar-refractivity contribution in [1.29, 1.82) is 0 Å². The lowest BCUT2D eigenvalue weighted by Crippen LogP contribution is -2.49. The third kappa shape index (κ3) is 7.39. The van der Waals surface area contributed by atoms with Crippen LogP contribution in [0.15, 0.2) is 4.99 Å². The van der Waals surface area contributed by atoms with E-state index in [-0.39, 0.29) is 5.91 Å². The Morgan fingerprint density at radius 1 is 1.15 bits per heavy atom. The van der Waals surface area contributed by atoms with Crippen LogP contribution < -0.4 is 10.6 Å². The second kappa shape index (κ2) is 9.99. The molecule has 0 aromatic heterocycles. The summed E-state index contributed by atoms with van der Waals surface area (Å²) < 4.78 is 36.9. The fourth-order valence-electron chi connectivity index (χ4n) is 3.41. The van der Waals surface area contributed by atoms with Gasteiger partial charge in [-0.05, 0) is 32.9 Å². The monoisotopic (exact) mass is 379 g/mol. The van der Waals surface area contributed by atoms with Gasteiger partial charge in [0, 0.05) is 34.2 Å². The van der Waals surface area contributed by atoms with E-state index in [0.717, 1.165) is 25.7 Å². The van der Waals surface area contributed by atoms with Crippen molar-refractivity contribution >= 4 is 11.9 Å². The van der Waals surface area contributed by atoms with Crippen molar-refractivity contribution in [2.24, 2.45) is 10.4 Å². The van der Waals surface area contributed by atoms with Gasteiger partial charge in [-0.1, -0.05) is 12.8 Å². The van der Waals surface area contributed by atoms with Crippen LogP contribution in [0.25, 0.3) is 0 Å². The number of hydrogen-bond acceptors (Lipinski definition) is 3. The molecule has 0 aromatic rings. The Hall–Kier alpha value is -1.51. The van der Waals surface area contributed by atoms with Gasteiger partial charge in [-0.3, -0.25) is 14.7 Å². The van der Waals surface area contributed by atoms with Crippen LogP contribution in [0, 0.1) is 5.41 Å². The van der Waals surface area contributed by atoms with E-state index in [0.29, 0.717) is 32.0 Å². The highest BCUT2D eigenvalue weighted by atomic mass is 19.4. The molecule has 0 bridgehead atoms. The molecular weight excluding hydrogens is 347 g/mol. The zero-order valence-corrected chi connectivity index (χ0v) is 16.2. The third-order valence-electron chi connectivity index (χ3n) is 4.70. The topological polar surface area (TPSA) is 60.0 Å². The molecule has 9 heteroatoms. The Balaban J connectivity index is 2.39. The van der Waals surface area contributed by atoms with Gasteiger partial charge in [-0.2, -0.15) is 13.2 Å². The summed E-state index contributed by atoms with van der Waals surface area (Å²) >= 11 is 0. The molecule has 1 rings (SSSR count). The lowest BCUT2D eigenvalue weighted by molar-refractivity contribution is -0.143. The fraction of sp³-hybridized carbons (Fsp3) is 0.882. The van der Waals surface area contributed by atoms with Gasteiger partial charge in [0.2, 0.25) is 5.91 Å². The maximum Gasteiger partial charge on any atom is 0.401 e. The summed E-state index contributed by atoms with van der Waals surface area (Å²) in [4.78, 5) is 19.6. The Morgan fingerprint density at radius 3 is 2.27 bits per heavy atom. The molecule has 0 saturated heterocycles. The van der Waals surface area contributed by atoms with Crippen molar-refractivity contribution in [3.63, 3.8) is 0 Å². The van der Waals surface area contributed by atoms with Crippen LogP contribution in [0.2, 0.25) is 0 Å². The van der Waals surface area contributed by atoms with Gasteiger partial charge in [0.15, 0.2) is 5.96 Å². The molecule has 0 unspecified atom stereocenters. The minimum Gasteiger partial charge on any atom is -0.356 e. The van der Waals surface area contributed by atoms with Gasteiger partial charge in [0.05, 0.1) is 12.0 Å². The zero-order chi connectivity index (χ0) is 19.8. The standard InChI is InChI=1S/C17H32F3N5O/c1-21-15(22-10-7-11-25(4)13-17(18,19)20)23-12-16(8-5-6-9-16)14(26)24(2)3/h5-13H2,1-4H3,(H2,21,22,23). The minimum absolute atomic E-state index is 0.131. The van der Waals surface area contributed by atoms with Crippen LogP contribution in [-0.4, -0.2) is 82.2 Å². The number of nitrogens with one attached hydrogen (secondary N) is 2. The van der Waals surface area contributed by atoms with E-state index < -0.39 is 18.1 Å². The van der Waals surface area contributed by atoms with Crippen molar-refractivity contribution in [2.45, 2.75) is 38.3 Å². The highest BCUT2D eigenvalue weighted by molar-refractivity contribution is 5.85. The van der Waals surface area contributed by atoms with Gasteiger partial charge in [0.25, 0.3) is 0 Å². The molecule has 152 valence electrons. The number of carbonyl (C=O) groups excluding carboxylic acids is 1. The summed E-state index contributed by atoms with van der Waals surface area (Å²) in [6, 6.07) is 0. The molecule has 0 aromatic carbocycles. The van der Waals surface area contributed by atoms with E-state index in [1.165, 1.54) is 11.9 Å². The SMILES string of the molecule is CN=C(NCCCN(C)CC(F)(F)F)NCC1(C(=O)N(C)C)CCCC1. The molecule has 1 amide bonds. The lowest BCUT2D eigenvalue weighted by atomic mass is 9.84. The van der Waals surface area contributed by atoms with Crippen molar-refractivity contribution < 1.29 is 18.0 Å². The predicted octanol–water partition coefficient (Wildman–Crippen LogP) is 1.68. The van der Waals surface area contributed by atoms with Crippen molar-refractivity contribution in [3.8, 4) is 0 Å². The van der Waals surface area contributed by atoms with Crippen LogP contribution in [-0.2, 0) is 4.79 Å². The molecule has 0 aliphatic heterocycles. The zero-order valence-electron chi connectivity index (χ0n) is 16.2. The molecule has 0 radical (unpaired) electrons. The normalized spacial score (nSPS) is 17.5. The highest BCUT2D eigenvalue weighted by Crippen LogP contribution is 2.38. The van der Waals surface area contributed by atoms with Gasteiger partial charge >= 0.3 is 6.18 Å². The molecule has 0 atom stereocenters. The number of guanidine groups is 1. The molecule has 2 N–H and O–H groups in total. The molecule has 1 aliphatic rings. The van der Waals surface area contributed by atoms with Crippen LogP contribution in [0.4, 0.5) is 13.2 Å². The van der Waals surface area contributed by atoms with Gasteiger partial charge < -0.3 is 15.5 Å². The summed E-state index contributed by atoms with van der Waals surface area (Å²) in [5, 5.41) is 6.32. The van der Waals surface area contributed by atoms with Crippen LogP contribution in [0.1, 0.15) is 32.1 Å². The van der Waals surface area contributed by atoms with E-state index in [9.17, 15) is 18.0 Å². The molecule has 1 saturated carbocycles. The number of halogens is 3. The van der Waals surface area contributed by atoms with Crippen LogP contribution in [0.3, 0.4) is 0 Å². The Bertz CT molecular complexity index is 474. The van der Waals surface area contributed by atoms with Gasteiger partial charge in [-0.25, -0.2) is 0 Å². The second-order valence-electron chi connectivity index (χ2n) is 7.25. The van der Waals surface area contributed by atoms with E-state index in [1.54, 1.807) is 26.0 Å². The average molecular weight is 379 g/mol. The summed E-state index contributed by atoms with van der Waals surface area (Å²) in [5.74, 6) is 0.702. The van der Waals surface area contributed by atoms with E-state index in [4.69, 9.17) is 0 Å². The first-order chi connectivity index (χ1) is 12.1. The lowest BCUT2D eigenvalue weighted by Gasteiger charge is -2.31. The maximum atomic E-state index is 12.5. The average Bonchev–Trinajstić information content (AvgIpc) is 3.01. The van der Waals surface area contributed by atoms with Gasteiger partial charge in [0.1, 0.15) is 0 Å². The van der Waals surface area contributed by atoms with E-state index in [2.05, 4.69) is 15.6 Å². The van der Waals surface area contributed by atoms with Crippen molar-refractivity contribution in [2.75, 3.05) is 54.4 Å². The predicted molar refractivity (Wildman–Crippen MR) is 97.1 cm³/mol.